The Balaban J connectivity index is 1.74. The highest BCUT2D eigenvalue weighted by atomic mass is 31.2. The van der Waals surface area contributed by atoms with Gasteiger partial charge in [0.25, 0.3) is 0 Å². The molecule has 29 heavy (non-hydrogen) atoms. The molecule has 0 radical (unpaired) electrons. The summed E-state index contributed by atoms with van der Waals surface area (Å²) in [7, 11) is -4.27. The molecule has 0 N–H and O–H groups in total. The van der Waals surface area contributed by atoms with E-state index in [0.717, 1.165) is 5.56 Å². The van der Waals surface area contributed by atoms with Crippen molar-refractivity contribution in [3.05, 3.63) is 90.5 Å². The molecule has 0 atom stereocenters. The lowest BCUT2D eigenvalue weighted by Crippen LogP contribution is -2.11. The van der Waals surface area contributed by atoms with Gasteiger partial charge in [-0.25, -0.2) is 4.57 Å². The predicted octanol–water partition coefficient (Wildman–Crippen LogP) is 6.49. The number of phosphoric acid groups is 1. The Kier molecular flexibility index (Phi) is 6.60. The van der Waals surface area contributed by atoms with E-state index in [4.69, 9.17) is 23.6 Å². The third-order valence-corrected chi connectivity index (χ3v) is 4.82. The summed E-state index contributed by atoms with van der Waals surface area (Å²) in [6, 6.07) is 24.3. The molecule has 0 unspecified atom stereocenters. The second-order valence-corrected chi connectivity index (χ2v) is 8.63. The van der Waals surface area contributed by atoms with E-state index in [9.17, 15) is 4.57 Å². The van der Waals surface area contributed by atoms with E-state index in [0.29, 0.717) is 11.5 Å². The van der Waals surface area contributed by atoms with Crippen molar-refractivity contribution in [3.63, 3.8) is 0 Å². The van der Waals surface area contributed by atoms with Crippen molar-refractivity contribution < 1.29 is 28.2 Å². The van der Waals surface area contributed by atoms with Crippen LogP contribution in [-0.2, 0) is 19.3 Å². The number of hydrogen-bond acceptors (Lipinski definition) is 6. The average Bonchev–Trinajstić information content (AvgIpc) is 2.72. The zero-order valence-electron chi connectivity index (χ0n) is 16.5. The minimum Gasteiger partial charge on any atom is -0.400 e. The van der Waals surface area contributed by atoms with Crippen LogP contribution in [0, 0.1) is 0 Å². The lowest BCUT2D eigenvalue weighted by molar-refractivity contribution is -0.185. The summed E-state index contributed by atoms with van der Waals surface area (Å²) in [5.74, 6) is 0.958. The monoisotopic (exact) mass is 414 g/mol. The first-order valence-electron chi connectivity index (χ1n) is 9.07. The van der Waals surface area contributed by atoms with Gasteiger partial charge in [0.15, 0.2) is 11.5 Å². The second-order valence-electron chi connectivity index (χ2n) is 7.25. The summed E-state index contributed by atoms with van der Waals surface area (Å²) in [6.07, 6.45) is 0. The van der Waals surface area contributed by atoms with Gasteiger partial charge in [-0.1, -0.05) is 78.7 Å². The number of benzene rings is 3. The molecule has 7 heteroatoms. The highest BCUT2D eigenvalue weighted by Gasteiger charge is 2.35. The molecule has 152 valence electrons. The Labute approximate surface area is 170 Å². The van der Waals surface area contributed by atoms with Gasteiger partial charge in [-0.2, -0.15) is 0 Å². The normalized spacial score (nSPS) is 11.7. The van der Waals surface area contributed by atoms with Crippen molar-refractivity contribution in [1.82, 2.24) is 0 Å². The Bertz CT molecular complexity index is 889. The van der Waals surface area contributed by atoms with Gasteiger partial charge in [-0.05, 0) is 47.4 Å². The largest absolute Gasteiger partial charge is 0.604 e. The van der Waals surface area contributed by atoms with Gasteiger partial charge < -0.3 is 14.3 Å². The van der Waals surface area contributed by atoms with Gasteiger partial charge in [0, 0.05) is 0 Å². The standard InChI is InChI=1S/C22H23O6P/c1-22(2,3)18-14-16-21(17-15-18)26-29(23,27-24-19-10-6-4-7-11-19)28-25-20-12-8-5-9-13-20/h4-17H,1-3H3. The van der Waals surface area contributed by atoms with Crippen molar-refractivity contribution in [2.45, 2.75) is 26.2 Å². The molecule has 0 fully saturated rings. The third-order valence-electron chi connectivity index (χ3n) is 3.87. The lowest BCUT2D eigenvalue weighted by atomic mass is 9.87. The topological polar surface area (TPSA) is 63.2 Å². The van der Waals surface area contributed by atoms with Crippen molar-refractivity contribution in [2.24, 2.45) is 0 Å². The van der Waals surface area contributed by atoms with Crippen molar-refractivity contribution in [3.8, 4) is 17.2 Å². The Morgan fingerprint density at radius 2 is 1.07 bits per heavy atom. The first kappa shape index (κ1) is 20.9. The van der Waals surface area contributed by atoms with Gasteiger partial charge >= 0.3 is 7.82 Å². The van der Waals surface area contributed by atoms with Crippen molar-refractivity contribution in [2.75, 3.05) is 0 Å². The van der Waals surface area contributed by atoms with Gasteiger partial charge in [0.2, 0.25) is 0 Å². The molecule has 0 aromatic heterocycles. The van der Waals surface area contributed by atoms with Crippen LogP contribution in [0.2, 0.25) is 0 Å². The Hall–Kier alpha value is -2.79. The lowest BCUT2D eigenvalue weighted by Gasteiger charge is -2.20. The molecule has 0 saturated heterocycles. The minimum absolute atomic E-state index is 0.0257. The van der Waals surface area contributed by atoms with Gasteiger partial charge in [-0.3, -0.25) is 0 Å². The van der Waals surface area contributed by atoms with Crippen LogP contribution in [0.25, 0.3) is 0 Å². The molecule has 3 rings (SSSR count). The van der Waals surface area contributed by atoms with E-state index >= 15 is 0 Å². The fourth-order valence-corrected chi connectivity index (χ4v) is 3.14. The smallest absolute Gasteiger partial charge is 0.400 e. The molecule has 0 heterocycles. The van der Waals surface area contributed by atoms with Crippen molar-refractivity contribution >= 4 is 7.82 Å². The van der Waals surface area contributed by atoms with Crippen LogP contribution in [0.5, 0.6) is 17.2 Å². The number of para-hydroxylation sites is 2. The Morgan fingerprint density at radius 3 is 1.48 bits per heavy atom. The average molecular weight is 414 g/mol. The maximum absolute atomic E-state index is 13.1. The molecule has 0 saturated carbocycles. The van der Waals surface area contributed by atoms with E-state index in [-0.39, 0.29) is 11.2 Å². The van der Waals surface area contributed by atoms with E-state index in [1.165, 1.54) is 0 Å². The van der Waals surface area contributed by atoms with Crippen LogP contribution in [0.3, 0.4) is 0 Å². The highest BCUT2D eigenvalue weighted by molar-refractivity contribution is 7.48. The minimum atomic E-state index is -4.27. The molecular formula is C22H23O6P. The summed E-state index contributed by atoms with van der Waals surface area (Å²) in [5, 5.41) is 0. The fraction of sp³-hybridized carbons (Fsp3) is 0.182. The van der Waals surface area contributed by atoms with Crippen LogP contribution in [-0.4, -0.2) is 0 Å². The van der Waals surface area contributed by atoms with Crippen molar-refractivity contribution in [1.29, 1.82) is 0 Å². The molecule has 0 spiro atoms. The van der Waals surface area contributed by atoms with Gasteiger partial charge in [0.1, 0.15) is 5.75 Å². The summed E-state index contributed by atoms with van der Waals surface area (Å²) >= 11 is 0. The predicted molar refractivity (Wildman–Crippen MR) is 110 cm³/mol. The molecular weight excluding hydrogens is 391 g/mol. The maximum atomic E-state index is 13.1. The molecule has 0 bridgehead atoms. The number of rotatable bonds is 8. The fourth-order valence-electron chi connectivity index (χ4n) is 2.32. The quantitative estimate of drug-likeness (QED) is 0.238. The summed E-state index contributed by atoms with van der Waals surface area (Å²) in [6.45, 7) is 6.30. The molecule has 0 aliphatic carbocycles. The van der Waals surface area contributed by atoms with Crippen LogP contribution < -0.4 is 14.3 Å². The summed E-state index contributed by atoms with van der Waals surface area (Å²) < 4.78 is 28.6. The van der Waals surface area contributed by atoms with E-state index < -0.39 is 7.82 Å². The van der Waals surface area contributed by atoms with Crippen LogP contribution in [0.4, 0.5) is 0 Å². The summed E-state index contributed by atoms with van der Waals surface area (Å²) in [5.41, 5.74) is 1.07. The van der Waals surface area contributed by atoms with E-state index in [1.807, 2.05) is 24.3 Å². The maximum Gasteiger partial charge on any atom is 0.604 e. The first-order chi connectivity index (χ1) is 13.8. The van der Waals surface area contributed by atoms with Crippen LogP contribution in [0.1, 0.15) is 26.3 Å². The molecule has 6 nitrogen and oxygen atoms in total. The zero-order valence-corrected chi connectivity index (χ0v) is 17.4. The first-order valence-corrected chi connectivity index (χ1v) is 10.5. The SMILES string of the molecule is CC(C)(C)c1ccc(OP(=O)(OOc2ccccc2)OOc2ccccc2)cc1. The number of hydrogen-bond donors (Lipinski definition) is 0. The molecule has 3 aromatic carbocycles. The highest BCUT2D eigenvalue weighted by Crippen LogP contribution is 2.50. The van der Waals surface area contributed by atoms with Gasteiger partial charge in [0.05, 0.1) is 0 Å². The molecule has 0 aliphatic rings. The second kappa shape index (κ2) is 9.14. The Morgan fingerprint density at radius 1 is 0.621 bits per heavy atom. The summed E-state index contributed by atoms with van der Waals surface area (Å²) in [4.78, 5) is 10.2. The van der Waals surface area contributed by atoms with Crippen LogP contribution >= 0.6 is 7.82 Å². The molecule has 3 aromatic rings. The zero-order chi connectivity index (χ0) is 20.7. The van der Waals surface area contributed by atoms with E-state index in [2.05, 4.69) is 20.8 Å². The third kappa shape index (κ3) is 6.36. The molecule has 0 amide bonds. The van der Waals surface area contributed by atoms with Crippen LogP contribution in [0.15, 0.2) is 84.9 Å². The molecule has 0 aliphatic heterocycles. The van der Waals surface area contributed by atoms with E-state index in [1.54, 1.807) is 60.7 Å². The van der Waals surface area contributed by atoms with Gasteiger partial charge in [-0.15, -0.1) is 0 Å².